The van der Waals surface area contributed by atoms with Crippen LogP contribution < -0.4 is 16.4 Å². The van der Waals surface area contributed by atoms with E-state index in [1.54, 1.807) is 0 Å². The fourth-order valence-corrected chi connectivity index (χ4v) is 3.42. The van der Waals surface area contributed by atoms with Gasteiger partial charge in [-0.3, -0.25) is 9.59 Å². The molecule has 0 aliphatic carbocycles. The summed E-state index contributed by atoms with van der Waals surface area (Å²) in [5.74, 6) is 1.07. The van der Waals surface area contributed by atoms with Crippen LogP contribution in [0.5, 0.6) is 0 Å². The molecule has 8 nitrogen and oxygen atoms in total. The third-order valence-corrected chi connectivity index (χ3v) is 4.78. The first-order valence-electron chi connectivity index (χ1n) is 9.03. The number of carbonyl (C=O) groups is 2. The molecular weight excluding hydrogens is 332 g/mol. The van der Waals surface area contributed by atoms with Crippen LogP contribution in [0.3, 0.4) is 0 Å². The number of fused-ring (bicyclic) bond motifs is 1. The van der Waals surface area contributed by atoms with Crippen molar-refractivity contribution < 1.29 is 9.59 Å². The number of nitrogens with two attached hydrogens (primary N) is 1. The highest BCUT2D eigenvalue weighted by atomic mass is 16.2. The minimum absolute atomic E-state index is 0.0325. The van der Waals surface area contributed by atoms with Crippen LogP contribution in [0.4, 0.5) is 11.8 Å². The third-order valence-electron chi connectivity index (χ3n) is 4.78. The van der Waals surface area contributed by atoms with E-state index in [4.69, 9.17) is 5.73 Å². The predicted molar refractivity (Wildman–Crippen MR) is 99.5 cm³/mol. The minimum atomic E-state index is -0.0381. The molecule has 0 unspecified atom stereocenters. The Kier molecular flexibility index (Phi) is 5.39. The van der Waals surface area contributed by atoms with Crippen LogP contribution in [-0.4, -0.2) is 52.4 Å². The van der Waals surface area contributed by atoms with Crippen molar-refractivity contribution in [3.63, 3.8) is 0 Å². The van der Waals surface area contributed by atoms with E-state index in [1.165, 1.54) is 0 Å². The van der Waals surface area contributed by atoms with E-state index < -0.39 is 0 Å². The van der Waals surface area contributed by atoms with Gasteiger partial charge in [-0.1, -0.05) is 12.2 Å². The van der Waals surface area contributed by atoms with Crippen molar-refractivity contribution in [2.24, 2.45) is 0 Å². The van der Waals surface area contributed by atoms with Crippen LogP contribution >= 0.6 is 0 Å². The van der Waals surface area contributed by atoms with Crippen molar-refractivity contribution in [1.29, 1.82) is 0 Å². The largest absolute Gasteiger partial charge is 0.368 e. The first-order valence-corrected chi connectivity index (χ1v) is 9.03. The van der Waals surface area contributed by atoms with E-state index >= 15 is 0 Å². The Labute approximate surface area is 153 Å². The number of amides is 2. The second kappa shape index (κ2) is 7.72. The SMILES string of the molecule is C=C(C)CNc1nc(N)nc2c1CCN(C(=O)C[C@H]1CCC(=O)N1)CC2. The Morgan fingerprint density at radius 2 is 2.12 bits per heavy atom. The highest BCUT2D eigenvalue weighted by Gasteiger charge is 2.27. The average molecular weight is 358 g/mol. The second-order valence-corrected chi connectivity index (χ2v) is 7.05. The lowest BCUT2D eigenvalue weighted by molar-refractivity contribution is -0.131. The summed E-state index contributed by atoms with van der Waals surface area (Å²) in [6, 6.07) is -0.0381. The Balaban J connectivity index is 1.68. The zero-order valence-corrected chi connectivity index (χ0v) is 15.2. The Bertz CT molecular complexity index is 733. The molecule has 1 aromatic rings. The number of hydrogen-bond acceptors (Lipinski definition) is 6. The highest BCUT2D eigenvalue weighted by Crippen LogP contribution is 2.23. The fourth-order valence-electron chi connectivity index (χ4n) is 3.42. The molecule has 140 valence electrons. The Morgan fingerprint density at radius 3 is 2.81 bits per heavy atom. The summed E-state index contributed by atoms with van der Waals surface area (Å²) in [6.07, 6.45) is 2.92. The molecule has 0 spiro atoms. The summed E-state index contributed by atoms with van der Waals surface area (Å²) in [7, 11) is 0. The lowest BCUT2D eigenvalue weighted by atomic mass is 10.1. The third kappa shape index (κ3) is 4.30. The van der Waals surface area contributed by atoms with Crippen LogP contribution in [0.1, 0.15) is 37.4 Å². The van der Waals surface area contributed by atoms with E-state index in [1.807, 2.05) is 11.8 Å². The maximum atomic E-state index is 12.6. The van der Waals surface area contributed by atoms with Gasteiger partial charge in [0.25, 0.3) is 0 Å². The quantitative estimate of drug-likeness (QED) is 0.666. The molecule has 0 bridgehead atoms. The van der Waals surface area contributed by atoms with Gasteiger partial charge in [-0.05, 0) is 19.8 Å². The van der Waals surface area contributed by atoms with Gasteiger partial charge in [-0.25, -0.2) is 4.98 Å². The fraction of sp³-hybridized carbons (Fsp3) is 0.556. The van der Waals surface area contributed by atoms with Crippen molar-refractivity contribution in [3.05, 3.63) is 23.4 Å². The van der Waals surface area contributed by atoms with E-state index in [2.05, 4.69) is 27.2 Å². The van der Waals surface area contributed by atoms with Gasteiger partial charge < -0.3 is 21.3 Å². The van der Waals surface area contributed by atoms with Crippen LogP contribution in [0.2, 0.25) is 0 Å². The molecule has 1 saturated heterocycles. The molecule has 0 aromatic carbocycles. The van der Waals surface area contributed by atoms with Gasteiger partial charge >= 0.3 is 0 Å². The van der Waals surface area contributed by atoms with Gasteiger partial charge in [0.2, 0.25) is 17.8 Å². The molecular formula is C18H26N6O2. The van der Waals surface area contributed by atoms with E-state index in [0.29, 0.717) is 45.3 Å². The van der Waals surface area contributed by atoms with Crippen LogP contribution in [-0.2, 0) is 22.4 Å². The van der Waals surface area contributed by atoms with Gasteiger partial charge in [0, 0.05) is 50.5 Å². The number of aromatic nitrogens is 2. The van der Waals surface area contributed by atoms with Crippen LogP contribution in [0.15, 0.2) is 12.2 Å². The number of nitrogen functional groups attached to an aromatic ring is 1. The monoisotopic (exact) mass is 358 g/mol. The summed E-state index contributed by atoms with van der Waals surface area (Å²) in [6.45, 7) is 7.67. The molecule has 1 atom stereocenters. The summed E-state index contributed by atoms with van der Waals surface area (Å²) in [5.41, 5.74) is 8.76. The topological polar surface area (TPSA) is 113 Å². The summed E-state index contributed by atoms with van der Waals surface area (Å²) >= 11 is 0. The molecule has 26 heavy (non-hydrogen) atoms. The lowest BCUT2D eigenvalue weighted by Crippen LogP contribution is -2.38. The highest BCUT2D eigenvalue weighted by molar-refractivity contribution is 5.82. The van der Waals surface area contributed by atoms with E-state index in [9.17, 15) is 9.59 Å². The first-order chi connectivity index (χ1) is 12.4. The molecule has 4 N–H and O–H groups in total. The number of rotatable bonds is 5. The molecule has 3 rings (SSSR count). The first kappa shape index (κ1) is 18.2. The van der Waals surface area contributed by atoms with Crippen LogP contribution in [0.25, 0.3) is 0 Å². The standard InChI is InChI=1S/C18H26N6O2/c1-11(2)10-20-17-13-5-7-24(8-6-14(13)22-18(19)23-17)16(26)9-12-3-4-15(25)21-12/h12H,1,3-10H2,2H3,(H,21,25)(H3,19,20,22,23)/t12-/m1/s1. The van der Waals surface area contributed by atoms with Gasteiger partial charge in [0.15, 0.2) is 0 Å². The zero-order chi connectivity index (χ0) is 18.7. The summed E-state index contributed by atoms with van der Waals surface area (Å²) in [5, 5.41) is 6.12. The molecule has 8 heteroatoms. The summed E-state index contributed by atoms with van der Waals surface area (Å²) in [4.78, 5) is 34.5. The van der Waals surface area contributed by atoms with E-state index in [-0.39, 0.29) is 23.8 Å². The molecule has 0 saturated carbocycles. The number of nitrogens with one attached hydrogen (secondary N) is 2. The summed E-state index contributed by atoms with van der Waals surface area (Å²) < 4.78 is 0. The molecule has 2 aliphatic rings. The Morgan fingerprint density at radius 1 is 1.35 bits per heavy atom. The molecule has 2 aliphatic heterocycles. The predicted octanol–water partition coefficient (Wildman–Crippen LogP) is 0.643. The molecule has 2 amide bonds. The Hall–Kier alpha value is -2.64. The van der Waals surface area contributed by atoms with Crippen molar-refractivity contribution in [2.75, 3.05) is 30.7 Å². The average Bonchev–Trinajstić information content (AvgIpc) is 2.86. The number of nitrogens with zero attached hydrogens (tertiary/aromatic N) is 3. The van der Waals surface area contributed by atoms with Crippen molar-refractivity contribution >= 4 is 23.6 Å². The van der Waals surface area contributed by atoms with E-state index in [0.717, 1.165) is 29.1 Å². The smallest absolute Gasteiger partial charge is 0.224 e. The van der Waals surface area contributed by atoms with Crippen molar-refractivity contribution in [2.45, 2.75) is 45.1 Å². The normalized spacial score (nSPS) is 19.5. The molecule has 1 aromatic heterocycles. The number of hydrogen-bond donors (Lipinski definition) is 3. The molecule has 0 radical (unpaired) electrons. The lowest BCUT2D eigenvalue weighted by Gasteiger charge is -2.22. The zero-order valence-electron chi connectivity index (χ0n) is 15.2. The van der Waals surface area contributed by atoms with Crippen LogP contribution in [0, 0.1) is 0 Å². The molecule has 1 fully saturated rings. The number of anilines is 2. The number of carbonyl (C=O) groups excluding carboxylic acids is 2. The minimum Gasteiger partial charge on any atom is -0.368 e. The maximum Gasteiger partial charge on any atom is 0.224 e. The van der Waals surface area contributed by atoms with Gasteiger partial charge in [-0.2, -0.15) is 4.98 Å². The maximum absolute atomic E-state index is 12.6. The van der Waals surface area contributed by atoms with Crippen molar-refractivity contribution in [3.8, 4) is 0 Å². The second-order valence-electron chi connectivity index (χ2n) is 7.05. The van der Waals surface area contributed by atoms with Gasteiger partial charge in [0.1, 0.15) is 5.82 Å². The molecule has 3 heterocycles. The van der Waals surface area contributed by atoms with Gasteiger partial charge in [0.05, 0.1) is 5.69 Å². The van der Waals surface area contributed by atoms with Gasteiger partial charge in [-0.15, -0.1) is 0 Å². The van der Waals surface area contributed by atoms with Crippen molar-refractivity contribution in [1.82, 2.24) is 20.2 Å².